The molecule has 0 radical (unpaired) electrons. The number of rotatable bonds is 5. The molecule has 3 heteroatoms. The lowest BCUT2D eigenvalue weighted by atomic mass is 10.1. The number of hydrogen-bond acceptors (Lipinski definition) is 3. The monoisotopic (exact) mass is 233 g/mol. The molecule has 0 amide bonds. The van der Waals surface area contributed by atoms with Crippen LogP contribution in [0.4, 0.5) is 0 Å². The van der Waals surface area contributed by atoms with Crippen molar-refractivity contribution in [1.82, 2.24) is 15.5 Å². The summed E-state index contributed by atoms with van der Waals surface area (Å²) in [5.74, 6) is 0. The van der Waals surface area contributed by atoms with E-state index < -0.39 is 0 Å². The Morgan fingerprint density at radius 3 is 2.71 bits per heavy atom. The first-order valence-corrected chi connectivity index (χ1v) is 6.42. The van der Waals surface area contributed by atoms with Crippen LogP contribution < -0.4 is 10.6 Å². The highest BCUT2D eigenvalue weighted by atomic mass is 15.1. The molecule has 0 aromatic heterocycles. The van der Waals surface area contributed by atoms with Crippen molar-refractivity contribution in [2.75, 3.05) is 33.7 Å². The van der Waals surface area contributed by atoms with Gasteiger partial charge in [-0.15, -0.1) is 0 Å². The molecule has 2 atom stereocenters. The predicted octanol–water partition coefficient (Wildman–Crippen LogP) is 1.24. The van der Waals surface area contributed by atoms with Gasteiger partial charge in [0, 0.05) is 25.2 Å². The lowest BCUT2D eigenvalue weighted by molar-refractivity contribution is 0.323. The lowest BCUT2D eigenvalue weighted by Gasteiger charge is -2.26. The molecule has 2 N–H and O–H groups in total. The minimum Gasteiger partial charge on any atom is -0.315 e. The highest BCUT2D eigenvalue weighted by molar-refractivity contribution is 5.19. The number of nitrogens with one attached hydrogen (secondary N) is 2. The molecule has 0 spiro atoms. The van der Waals surface area contributed by atoms with Crippen LogP contribution >= 0.6 is 0 Å². The maximum atomic E-state index is 3.76. The van der Waals surface area contributed by atoms with Crippen molar-refractivity contribution in [2.45, 2.75) is 18.5 Å². The Balaban J connectivity index is 2.02. The van der Waals surface area contributed by atoms with Gasteiger partial charge in [0.25, 0.3) is 0 Å². The molecule has 1 aliphatic heterocycles. The van der Waals surface area contributed by atoms with Crippen LogP contribution in [0.25, 0.3) is 0 Å². The fourth-order valence-corrected chi connectivity index (χ4v) is 2.39. The largest absolute Gasteiger partial charge is 0.315 e. The molecular formula is C14H23N3. The van der Waals surface area contributed by atoms with Crippen molar-refractivity contribution in [3.05, 3.63) is 35.9 Å². The molecule has 0 aliphatic carbocycles. The Kier molecular flexibility index (Phi) is 4.54. The summed E-state index contributed by atoms with van der Waals surface area (Å²) in [5, 5.41) is 7.17. The fourth-order valence-electron chi connectivity index (χ4n) is 2.39. The van der Waals surface area contributed by atoms with Crippen LogP contribution in [0.1, 0.15) is 18.0 Å². The van der Waals surface area contributed by atoms with Crippen molar-refractivity contribution in [1.29, 1.82) is 0 Å². The zero-order chi connectivity index (χ0) is 12.1. The normalized spacial score (nSPS) is 21.9. The molecule has 3 nitrogen and oxygen atoms in total. The summed E-state index contributed by atoms with van der Waals surface area (Å²) in [6.45, 7) is 3.28. The summed E-state index contributed by atoms with van der Waals surface area (Å²) in [7, 11) is 4.26. The van der Waals surface area contributed by atoms with Crippen molar-refractivity contribution >= 4 is 0 Å². The van der Waals surface area contributed by atoms with Gasteiger partial charge in [-0.3, -0.25) is 0 Å². The van der Waals surface area contributed by atoms with Gasteiger partial charge in [0.2, 0.25) is 0 Å². The second-order valence-electron chi connectivity index (χ2n) is 5.08. The van der Waals surface area contributed by atoms with Gasteiger partial charge in [-0.05, 0) is 32.6 Å². The van der Waals surface area contributed by atoms with E-state index in [0.717, 1.165) is 19.6 Å². The first-order valence-electron chi connectivity index (χ1n) is 6.42. The van der Waals surface area contributed by atoms with Gasteiger partial charge in [-0.1, -0.05) is 30.3 Å². The summed E-state index contributed by atoms with van der Waals surface area (Å²) in [5.41, 5.74) is 1.38. The Morgan fingerprint density at radius 1 is 1.35 bits per heavy atom. The van der Waals surface area contributed by atoms with E-state index >= 15 is 0 Å². The SMILES string of the molecule is CN(C)CC(NC1CCNC1)c1ccccc1. The molecule has 1 aliphatic rings. The predicted molar refractivity (Wildman–Crippen MR) is 72.1 cm³/mol. The summed E-state index contributed by atoms with van der Waals surface area (Å²) in [6.07, 6.45) is 1.23. The van der Waals surface area contributed by atoms with E-state index in [1.165, 1.54) is 12.0 Å². The fraction of sp³-hybridized carbons (Fsp3) is 0.571. The Labute approximate surface area is 104 Å². The van der Waals surface area contributed by atoms with Crippen LogP contribution in [0.2, 0.25) is 0 Å². The van der Waals surface area contributed by atoms with Crippen LogP contribution in [-0.4, -0.2) is 44.7 Å². The van der Waals surface area contributed by atoms with Crippen molar-refractivity contribution in [3.63, 3.8) is 0 Å². The van der Waals surface area contributed by atoms with Gasteiger partial charge in [0.1, 0.15) is 0 Å². The second kappa shape index (κ2) is 6.15. The molecule has 1 fully saturated rings. The third-order valence-corrected chi connectivity index (χ3v) is 3.25. The molecule has 1 heterocycles. The minimum atomic E-state index is 0.427. The minimum absolute atomic E-state index is 0.427. The first kappa shape index (κ1) is 12.6. The molecule has 94 valence electrons. The Morgan fingerprint density at radius 2 is 2.12 bits per heavy atom. The third-order valence-electron chi connectivity index (χ3n) is 3.25. The molecule has 2 rings (SSSR count). The van der Waals surface area contributed by atoms with Crippen LogP contribution in [-0.2, 0) is 0 Å². The van der Waals surface area contributed by atoms with Gasteiger partial charge in [-0.25, -0.2) is 0 Å². The summed E-state index contributed by atoms with van der Waals surface area (Å²) in [4.78, 5) is 2.24. The van der Waals surface area contributed by atoms with E-state index in [1.807, 2.05) is 0 Å². The molecule has 17 heavy (non-hydrogen) atoms. The average Bonchev–Trinajstić information content (AvgIpc) is 2.82. The number of likely N-dealkylation sites (N-methyl/N-ethyl adjacent to an activating group) is 1. The average molecular weight is 233 g/mol. The van der Waals surface area contributed by atoms with E-state index in [9.17, 15) is 0 Å². The van der Waals surface area contributed by atoms with Crippen molar-refractivity contribution in [3.8, 4) is 0 Å². The van der Waals surface area contributed by atoms with Gasteiger partial charge >= 0.3 is 0 Å². The molecule has 2 unspecified atom stereocenters. The first-order chi connectivity index (χ1) is 8.25. The van der Waals surface area contributed by atoms with E-state index in [4.69, 9.17) is 0 Å². The van der Waals surface area contributed by atoms with Crippen LogP contribution in [0, 0.1) is 0 Å². The maximum absolute atomic E-state index is 3.76. The topological polar surface area (TPSA) is 27.3 Å². The standard InChI is InChI=1S/C14H23N3/c1-17(2)11-14(12-6-4-3-5-7-12)16-13-8-9-15-10-13/h3-7,13-16H,8-11H2,1-2H3. The highest BCUT2D eigenvalue weighted by Crippen LogP contribution is 2.15. The van der Waals surface area contributed by atoms with Crippen molar-refractivity contribution in [2.24, 2.45) is 0 Å². The van der Waals surface area contributed by atoms with Crippen LogP contribution in [0.3, 0.4) is 0 Å². The van der Waals surface area contributed by atoms with E-state index in [0.29, 0.717) is 12.1 Å². The number of benzene rings is 1. The molecular weight excluding hydrogens is 210 g/mol. The smallest absolute Gasteiger partial charge is 0.0451 e. The molecule has 0 bridgehead atoms. The van der Waals surface area contributed by atoms with Crippen LogP contribution in [0.15, 0.2) is 30.3 Å². The van der Waals surface area contributed by atoms with E-state index in [-0.39, 0.29) is 0 Å². The molecule has 1 aromatic carbocycles. The summed E-state index contributed by atoms with van der Waals surface area (Å²) in [6, 6.07) is 11.8. The highest BCUT2D eigenvalue weighted by Gasteiger charge is 2.20. The van der Waals surface area contributed by atoms with Gasteiger partial charge in [-0.2, -0.15) is 0 Å². The zero-order valence-electron chi connectivity index (χ0n) is 10.8. The number of hydrogen-bond donors (Lipinski definition) is 2. The van der Waals surface area contributed by atoms with Crippen LogP contribution in [0.5, 0.6) is 0 Å². The van der Waals surface area contributed by atoms with Gasteiger partial charge < -0.3 is 15.5 Å². The summed E-state index contributed by atoms with van der Waals surface area (Å²) < 4.78 is 0. The third kappa shape index (κ3) is 3.80. The summed E-state index contributed by atoms with van der Waals surface area (Å²) >= 11 is 0. The molecule has 1 saturated heterocycles. The zero-order valence-corrected chi connectivity index (χ0v) is 10.8. The maximum Gasteiger partial charge on any atom is 0.0451 e. The second-order valence-corrected chi connectivity index (χ2v) is 5.08. The van der Waals surface area contributed by atoms with Crippen molar-refractivity contribution < 1.29 is 0 Å². The van der Waals surface area contributed by atoms with E-state index in [2.05, 4.69) is 60.0 Å². The lowest BCUT2D eigenvalue weighted by Crippen LogP contribution is -2.39. The Bertz CT molecular complexity index is 317. The van der Waals surface area contributed by atoms with Gasteiger partial charge in [0.05, 0.1) is 0 Å². The van der Waals surface area contributed by atoms with E-state index in [1.54, 1.807) is 0 Å². The molecule has 1 aromatic rings. The quantitative estimate of drug-likeness (QED) is 0.801. The molecule has 0 saturated carbocycles. The van der Waals surface area contributed by atoms with Gasteiger partial charge in [0.15, 0.2) is 0 Å². The Hall–Kier alpha value is -0.900. The number of nitrogens with zero attached hydrogens (tertiary/aromatic N) is 1.